The lowest BCUT2D eigenvalue weighted by molar-refractivity contribution is 0.291. The van der Waals surface area contributed by atoms with E-state index in [0.29, 0.717) is 18.5 Å². The lowest BCUT2D eigenvalue weighted by Crippen LogP contribution is -2.22. The standard InChI is InChI=1S/C16H21N3O2/c1-12(2)19-10-13-9-14(20-3)5-6-15(13)21-11-16-17-7-4-8-18-16/h4-9,12,19H,10-11H2,1-3H3. The fraction of sp³-hybridized carbons (Fsp3) is 0.375. The molecular weight excluding hydrogens is 266 g/mol. The minimum atomic E-state index is 0.349. The van der Waals surface area contributed by atoms with Gasteiger partial charge in [-0.25, -0.2) is 9.97 Å². The molecule has 5 nitrogen and oxygen atoms in total. The van der Waals surface area contributed by atoms with Gasteiger partial charge in [0.2, 0.25) is 0 Å². The highest BCUT2D eigenvalue weighted by Gasteiger charge is 2.07. The van der Waals surface area contributed by atoms with Crippen LogP contribution >= 0.6 is 0 Å². The molecule has 0 unspecified atom stereocenters. The third kappa shape index (κ3) is 4.72. The zero-order chi connectivity index (χ0) is 15.1. The first-order chi connectivity index (χ1) is 10.2. The fourth-order valence-corrected chi connectivity index (χ4v) is 1.82. The van der Waals surface area contributed by atoms with Crippen LogP contribution in [-0.2, 0) is 13.2 Å². The van der Waals surface area contributed by atoms with E-state index in [1.807, 2.05) is 18.2 Å². The molecule has 0 fully saturated rings. The molecule has 2 aromatic rings. The van der Waals surface area contributed by atoms with Crippen LogP contribution in [-0.4, -0.2) is 23.1 Å². The summed E-state index contributed by atoms with van der Waals surface area (Å²) < 4.78 is 11.1. The molecule has 1 aromatic heterocycles. The molecule has 0 aliphatic heterocycles. The first-order valence-corrected chi connectivity index (χ1v) is 6.98. The molecule has 2 rings (SSSR count). The van der Waals surface area contributed by atoms with E-state index < -0.39 is 0 Å². The fourth-order valence-electron chi connectivity index (χ4n) is 1.82. The topological polar surface area (TPSA) is 56.3 Å². The van der Waals surface area contributed by atoms with Gasteiger partial charge in [-0.3, -0.25) is 0 Å². The van der Waals surface area contributed by atoms with Crippen LogP contribution < -0.4 is 14.8 Å². The average molecular weight is 287 g/mol. The van der Waals surface area contributed by atoms with Gasteiger partial charge in [-0.1, -0.05) is 13.8 Å². The van der Waals surface area contributed by atoms with Crippen molar-refractivity contribution in [2.75, 3.05) is 7.11 Å². The Morgan fingerprint density at radius 1 is 1.19 bits per heavy atom. The highest BCUT2D eigenvalue weighted by molar-refractivity contribution is 5.40. The van der Waals surface area contributed by atoms with Gasteiger partial charge in [-0.05, 0) is 24.3 Å². The minimum Gasteiger partial charge on any atom is -0.497 e. The summed E-state index contributed by atoms with van der Waals surface area (Å²) in [7, 11) is 1.66. The Bertz CT molecular complexity index is 559. The summed E-state index contributed by atoms with van der Waals surface area (Å²) >= 11 is 0. The van der Waals surface area contributed by atoms with Crippen LogP contribution in [0.2, 0.25) is 0 Å². The molecule has 0 aliphatic rings. The van der Waals surface area contributed by atoms with Gasteiger partial charge in [-0.2, -0.15) is 0 Å². The van der Waals surface area contributed by atoms with Crippen molar-refractivity contribution in [3.8, 4) is 11.5 Å². The van der Waals surface area contributed by atoms with Gasteiger partial charge in [0.25, 0.3) is 0 Å². The van der Waals surface area contributed by atoms with E-state index in [0.717, 1.165) is 23.6 Å². The summed E-state index contributed by atoms with van der Waals surface area (Å²) in [5.41, 5.74) is 1.05. The van der Waals surface area contributed by atoms with Crippen LogP contribution in [0.1, 0.15) is 25.2 Å². The number of hydrogen-bond donors (Lipinski definition) is 1. The number of methoxy groups -OCH3 is 1. The van der Waals surface area contributed by atoms with Crippen molar-refractivity contribution < 1.29 is 9.47 Å². The molecule has 1 N–H and O–H groups in total. The van der Waals surface area contributed by atoms with Crippen molar-refractivity contribution in [1.82, 2.24) is 15.3 Å². The van der Waals surface area contributed by atoms with Gasteiger partial charge >= 0.3 is 0 Å². The van der Waals surface area contributed by atoms with E-state index in [4.69, 9.17) is 9.47 Å². The Hall–Kier alpha value is -2.14. The van der Waals surface area contributed by atoms with Crippen molar-refractivity contribution in [2.45, 2.75) is 33.0 Å². The molecule has 0 saturated carbocycles. The van der Waals surface area contributed by atoms with Gasteiger partial charge in [-0.15, -0.1) is 0 Å². The summed E-state index contributed by atoms with van der Waals surface area (Å²) in [5, 5.41) is 3.38. The van der Waals surface area contributed by atoms with Crippen LogP contribution in [0, 0.1) is 0 Å². The molecular formula is C16H21N3O2. The van der Waals surface area contributed by atoms with Crippen LogP contribution in [0.25, 0.3) is 0 Å². The smallest absolute Gasteiger partial charge is 0.166 e. The van der Waals surface area contributed by atoms with Crippen molar-refractivity contribution >= 4 is 0 Å². The molecule has 0 amide bonds. The first kappa shape index (κ1) is 15.3. The van der Waals surface area contributed by atoms with E-state index >= 15 is 0 Å². The monoisotopic (exact) mass is 287 g/mol. The second-order valence-electron chi connectivity index (χ2n) is 4.96. The van der Waals surface area contributed by atoms with Crippen LogP contribution in [0.4, 0.5) is 0 Å². The van der Waals surface area contributed by atoms with Crippen LogP contribution in [0.15, 0.2) is 36.7 Å². The van der Waals surface area contributed by atoms with E-state index in [1.165, 1.54) is 0 Å². The molecule has 5 heteroatoms. The molecule has 0 atom stereocenters. The maximum atomic E-state index is 5.83. The van der Waals surface area contributed by atoms with Crippen molar-refractivity contribution in [1.29, 1.82) is 0 Å². The number of benzene rings is 1. The SMILES string of the molecule is COc1ccc(OCc2ncccn2)c(CNC(C)C)c1. The first-order valence-electron chi connectivity index (χ1n) is 6.98. The molecule has 0 bridgehead atoms. The number of hydrogen-bond acceptors (Lipinski definition) is 5. The highest BCUT2D eigenvalue weighted by atomic mass is 16.5. The summed E-state index contributed by atoms with van der Waals surface area (Å²) in [5.74, 6) is 2.30. The quantitative estimate of drug-likeness (QED) is 0.848. The molecule has 0 aliphatic carbocycles. The van der Waals surface area contributed by atoms with Crippen molar-refractivity contribution in [2.24, 2.45) is 0 Å². The lowest BCUT2D eigenvalue weighted by Gasteiger charge is -2.14. The third-order valence-electron chi connectivity index (χ3n) is 2.94. The van der Waals surface area contributed by atoms with E-state index in [-0.39, 0.29) is 0 Å². The highest BCUT2D eigenvalue weighted by Crippen LogP contribution is 2.24. The van der Waals surface area contributed by atoms with Gasteiger partial charge in [0.05, 0.1) is 7.11 Å². The van der Waals surface area contributed by atoms with Crippen LogP contribution in [0.3, 0.4) is 0 Å². The van der Waals surface area contributed by atoms with Gasteiger partial charge in [0, 0.05) is 30.5 Å². The normalized spacial score (nSPS) is 10.7. The molecule has 1 heterocycles. The Morgan fingerprint density at radius 2 is 1.95 bits per heavy atom. The molecule has 0 radical (unpaired) electrons. The van der Waals surface area contributed by atoms with Gasteiger partial charge in [0.15, 0.2) is 5.82 Å². The molecule has 0 spiro atoms. The molecule has 112 valence electrons. The Labute approximate surface area is 125 Å². The van der Waals surface area contributed by atoms with E-state index in [2.05, 4.69) is 29.1 Å². The number of nitrogens with one attached hydrogen (secondary N) is 1. The summed E-state index contributed by atoms with van der Waals surface area (Å²) in [6.45, 7) is 5.29. The predicted octanol–water partition coefficient (Wildman–Crippen LogP) is 2.56. The molecule has 21 heavy (non-hydrogen) atoms. The maximum absolute atomic E-state index is 5.83. The predicted molar refractivity (Wildman–Crippen MR) is 81.3 cm³/mol. The van der Waals surface area contributed by atoms with Gasteiger partial charge < -0.3 is 14.8 Å². The minimum absolute atomic E-state index is 0.349. The number of nitrogens with zero attached hydrogens (tertiary/aromatic N) is 2. The second-order valence-corrected chi connectivity index (χ2v) is 4.96. The molecule has 0 saturated heterocycles. The summed E-state index contributed by atoms with van der Waals surface area (Å²) in [6.07, 6.45) is 3.42. The number of ether oxygens (including phenoxy) is 2. The zero-order valence-corrected chi connectivity index (χ0v) is 12.7. The number of aromatic nitrogens is 2. The largest absolute Gasteiger partial charge is 0.497 e. The van der Waals surface area contributed by atoms with Crippen molar-refractivity contribution in [3.05, 3.63) is 48.0 Å². The maximum Gasteiger partial charge on any atom is 0.166 e. The molecule has 1 aromatic carbocycles. The lowest BCUT2D eigenvalue weighted by atomic mass is 10.1. The van der Waals surface area contributed by atoms with Crippen LogP contribution in [0.5, 0.6) is 11.5 Å². The van der Waals surface area contributed by atoms with E-state index in [1.54, 1.807) is 25.6 Å². The Kier molecular flexibility index (Phi) is 5.51. The summed E-state index contributed by atoms with van der Waals surface area (Å²) in [6, 6.07) is 7.98. The Morgan fingerprint density at radius 3 is 2.62 bits per heavy atom. The van der Waals surface area contributed by atoms with Gasteiger partial charge in [0.1, 0.15) is 18.1 Å². The van der Waals surface area contributed by atoms with E-state index in [9.17, 15) is 0 Å². The summed E-state index contributed by atoms with van der Waals surface area (Å²) in [4.78, 5) is 8.31. The number of rotatable bonds is 7. The second kappa shape index (κ2) is 7.59. The zero-order valence-electron chi connectivity index (χ0n) is 12.7. The van der Waals surface area contributed by atoms with Crippen molar-refractivity contribution in [3.63, 3.8) is 0 Å². The third-order valence-corrected chi connectivity index (χ3v) is 2.94. The Balaban J connectivity index is 2.09. The average Bonchev–Trinajstić information content (AvgIpc) is 2.52.